The minimum atomic E-state index is -0.0531. The van der Waals surface area contributed by atoms with Crippen LogP contribution in [-0.4, -0.2) is 38.7 Å². The standard InChI is InChI=1S/C24H24N4O2/c1-4-27(15-17(2)3)24(29)20-13-22(18-9-6-5-7-10-18)26-23-21(20)14-25-28(23)16-19-11-8-12-30-19/h5-14H,2,4,15-16H2,1,3H3. The molecule has 0 bridgehead atoms. The first kappa shape index (κ1) is 19.6. The second-order valence-electron chi connectivity index (χ2n) is 7.32. The Hall–Kier alpha value is -3.67. The van der Waals surface area contributed by atoms with Gasteiger partial charge >= 0.3 is 0 Å². The number of likely N-dealkylation sites (N-methyl/N-ethyl adjacent to an activating group) is 1. The van der Waals surface area contributed by atoms with Crippen molar-refractivity contribution >= 4 is 16.9 Å². The Labute approximate surface area is 175 Å². The number of furan rings is 1. The summed E-state index contributed by atoms with van der Waals surface area (Å²) in [6, 6.07) is 15.5. The van der Waals surface area contributed by atoms with Crippen LogP contribution in [0.1, 0.15) is 30.0 Å². The highest BCUT2D eigenvalue weighted by molar-refractivity contribution is 6.06. The maximum Gasteiger partial charge on any atom is 0.255 e. The normalized spacial score (nSPS) is 11.0. The second kappa shape index (κ2) is 8.37. The van der Waals surface area contributed by atoms with Gasteiger partial charge in [0, 0.05) is 18.7 Å². The van der Waals surface area contributed by atoms with Crippen molar-refractivity contribution in [2.24, 2.45) is 0 Å². The average molecular weight is 400 g/mol. The summed E-state index contributed by atoms with van der Waals surface area (Å²) in [5, 5.41) is 5.23. The van der Waals surface area contributed by atoms with Gasteiger partial charge in [-0.1, -0.05) is 42.5 Å². The summed E-state index contributed by atoms with van der Waals surface area (Å²) in [7, 11) is 0. The molecule has 0 radical (unpaired) electrons. The first-order valence-electron chi connectivity index (χ1n) is 9.95. The molecule has 0 aliphatic carbocycles. The summed E-state index contributed by atoms with van der Waals surface area (Å²) in [6.45, 7) is 9.41. The van der Waals surface area contributed by atoms with Gasteiger partial charge in [0.05, 0.1) is 29.1 Å². The number of hydrogen-bond donors (Lipinski definition) is 0. The van der Waals surface area contributed by atoms with E-state index in [2.05, 4.69) is 11.7 Å². The van der Waals surface area contributed by atoms with Crippen LogP contribution in [0.25, 0.3) is 22.3 Å². The second-order valence-corrected chi connectivity index (χ2v) is 7.32. The first-order valence-corrected chi connectivity index (χ1v) is 9.95. The zero-order valence-electron chi connectivity index (χ0n) is 17.2. The molecule has 1 aromatic carbocycles. The molecule has 0 N–H and O–H groups in total. The van der Waals surface area contributed by atoms with Crippen LogP contribution in [0.4, 0.5) is 0 Å². The predicted molar refractivity (Wildman–Crippen MR) is 117 cm³/mol. The number of carbonyl (C=O) groups is 1. The molecular weight excluding hydrogens is 376 g/mol. The summed E-state index contributed by atoms with van der Waals surface area (Å²) >= 11 is 0. The fraction of sp³-hybridized carbons (Fsp3) is 0.208. The monoisotopic (exact) mass is 400 g/mol. The van der Waals surface area contributed by atoms with Crippen LogP contribution in [0.2, 0.25) is 0 Å². The van der Waals surface area contributed by atoms with E-state index in [9.17, 15) is 4.79 Å². The van der Waals surface area contributed by atoms with E-state index in [0.717, 1.165) is 28.0 Å². The molecule has 0 atom stereocenters. The molecule has 0 aliphatic heterocycles. The molecule has 6 nitrogen and oxygen atoms in total. The smallest absolute Gasteiger partial charge is 0.255 e. The molecule has 0 aliphatic rings. The van der Waals surface area contributed by atoms with E-state index in [1.54, 1.807) is 22.0 Å². The highest BCUT2D eigenvalue weighted by atomic mass is 16.3. The van der Waals surface area contributed by atoms with Gasteiger partial charge < -0.3 is 9.32 Å². The SMILES string of the molecule is C=C(C)CN(CC)C(=O)c1cc(-c2ccccc2)nc2c1cnn2Cc1ccco1. The zero-order valence-corrected chi connectivity index (χ0v) is 17.2. The molecule has 3 aromatic heterocycles. The van der Waals surface area contributed by atoms with Gasteiger partial charge in [0.25, 0.3) is 5.91 Å². The van der Waals surface area contributed by atoms with E-state index in [1.165, 1.54) is 0 Å². The van der Waals surface area contributed by atoms with Crippen molar-refractivity contribution in [2.45, 2.75) is 20.4 Å². The van der Waals surface area contributed by atoms with Gasteiger partial charge in [-0.05, 0) is 32.0 Å². The van der Waals surface area contributed by atoms with Crippen LogP contribution in [0.3, 0.4) is 0 Å². The van der Waals surface area contributed by atoms with Crippen molar-refractivity contribution in [3.8, 4) is 11.3 Å². The maximum absolute atomic E-state index is 13.4. The Bertz CT molecular complexity index is 1180. The number of hydrogen-bond acceptors (Lipinski definition) is 4. The van der Waals surface area contributed by atoms with E-state index >= 15 is 0 Å². The third kappa shape index (κ3) is 3.89. The first-order chi connectivity index (χ1) is 14.6. The molecule has 6 heteroatoms. The van der Waals surface area contributed by atoms with Crippen molar-refractivity contribution in [1.82, 2.24) is 19.7 Å². The van der Waals surface area contributed by atoms with Crippen molar-refractivity contribution in [3.63, 3.8) is 0 Å². The minimum absolute atomic E-state index is 0.0531. The number of fused-ring (bicyclic) bond motifs is 1. The van der Waals surface area contributed by atoms with Crippen molar-refractivity contribution in [1.29, 1.82) is 0 Å². The average Bonchev–Trinajstić information content (AvgIpc) is 3.42. The topological polar surface area (TPSA) is 64.2 Å². The fourth-order valence-electron chi connectivity index (χ4n) is 3.47. The summed E-state index contributed by atoms with van der Waals surface area (Å²) in [5.74, 6) is 0.722. The molecule has 4 aromatic rings. The lowest BCUT2D eigenvalue weighted by Gasteiger charge is -2.21. The molecule has 0 saturated carbocycles. The zero-order chi connectivity index (χ0) is 21.1. The third-order valence-electron chi connectivity index (χ3n) is 4.92. The molecule has 0 fully saturated rings. The Morgan fingerprint density at radius 2 is 2.00 bits per heavy atom. The van der Waals surface area contributed by atoms with Gasteiger partial charge in [-0.2, -0.15) is 5.10 Å². The Kier molecular flexibility index (Phi) is 5.48. The molecule has 30 heavy (non-hydrogen) atoms. The molecule has 0 spiro atoms. The van der Waals surface area contributed by atoms with Crippen LogP contribution < -0.4 is 0 Å². The summed E-state index contributed by atoms with van der Waals surface area (Å²) < 4.78 is 7.24. The summed E-state index contributed by atoms with van der Waals surface area (Å²) in [6.07, 6.45) is 3.34. The van der Waals surface area contributed by atoms with Crippen LogP contribution in [0.5, 0.6) is 0 Å². The number of aromatic nitrogens is 3. The van der Waals surface area contributed by atoms with E-state index in [1.807, 2.05) is 62.4 Å². The lowest BCUT2D eigenvalue weighted by atomic mass is 10.1. The molecule has 0 saturated heterocycles. The van der Waals surface area contributed by atoms with Crippen LogP contribution >= 0.6 is 0 Å². The molecular formula is C24H24N4O2. The summed E-state index contributed by atoms with van der Waals surface area (Å²) in [4.78, 5) is 20.1. The molecule has 0 unspecified atom stereocenters. The highest BCUT2D eigenvalue weighted by Crippen LogP contribution is 2.26. The molecule has 3 heterocycles. The van der Waals surface area contributed by atoms with Crippen molar-refractivity contribution < 1.29 is 9.21 Å². The van der Waals surface area contributed by atoms with Gasteiger partial charge in [0.2, 0.25) is 0 Å². The molecule has 4 rings (SSSR count). The largest absolute Gasteiger partial charge is 0.467 e. The third-order valence-corrected chi connectivity index (χ3v) is 4.92. The number of rotatable bonds is 7. The van der Waals surface area contributed by atoms with Gasteiger partial charge in [-0.25, -0.2) is 9.67 Å². The van der Waals surface area contributed by atoms with E-state index in [4.69, 9.17) is 9.40 Å². The highest BCUT2D eigenvalue weighted by Gasteiger charge is 2.21. The quantitative estimate of drug-likeness (QED) is 0.419. The lowest BCUT2D eigenvalue weighted by Crippen LogP contribution is -2.32. The van der Waals surface area contributed by atoms with Crippen LogP contribution in [-0.2, 0) is 6.54 Å². The van der Waals surface area contributed by atoms with Gasteiger partial charge in [0.15, 0.2) is 5.65 Å². The Morgan fingerprint density at radius 1 is 1.20 bits per heavy atom. The number of carbonyl (C=O) groups excluding carboxylic acids is 1. The van der Waals surface area contributed by atoms with E-state index < -0.39 is 0 Å². The van der Waals surface area contributed by atoms with Gasteiger partial charge in [-0.3, -0.25) is 4.79 Å². The van der Waals surface area contributed by atoms with Crippen molar-refractivity contribution in [2.75, 3.05) is 13.1 Å². The van der Waals surface area contributed by atoms with Gasteiger partial charge in [-0.15, -0.1) is 0 Å². The van der Waals surface area contributed by atoms with Gasteiger partial charge in [0.1, 0.15) is 12.3 Å². The molecule has 152 valence electrons. The van der Waals surface area contributed by atoms with E-state index in [0.29, 0.717) is 30.8 Å². The Morgan fingerprint density at radius 3 is 2.67 bits per heavy atom. The minimum Gasteiger partial charge on any atom is -0.467 e. The Balaban J connectivity index is 1.86. The fourth-order valence-corrected chi connectivity index (χ4v) is 3.47. The van der Waals surface area contributed by atoms with Crippen LogP contribution in [0.15, 0.2) is 77.6 Å². The van der Waals surface area contributed by atoms with E-state index in [-0.39, 0.29) is 5.91 Å². The predicted octanol–water partition coefficient (Wildman–Crippen LogP) is 4.78. The maximum atomic E-state index is 13.4. The molecule has 1 amide bonds. The number of benzene rings is 1. The van der Waals surface area contributed by atoms with Crippen LogP contribution in [0, 0.1) is 0 Å². The lowest BCUT2D eigenvalue weighted by molar-refractivity contribution is 0.0780. The van der Waals surface area contributed by atoms with Crippen molar-refractivity contribution in [3.05, 3.63) is 84.5 Å². The summed E-state index contributed by atoms with van der Waals surface area (Å²) in [5.41, 5.74) is 3.86. The number of amides is 1. The number of pyridine rings is 1. The number of nitrogens with zero attached hydrogens (tertiary/aromatic N) is 4.